The van der Waals surface area contributed by atoms with Crippen LogP contribution in [0.25, 0.3) is 11.3 Å². The van der Waals surface area contributed by atoms with Gasteiger partial charge in [0, 0.05) is 36.8 Å². The molecule has 1 saturated heterocycles. The number of rotatable bonds is 7. The molecule has 2 heterocycles. The Hall–Kier alpha value is -4.12. The molecule has 4 rings (SSSR count). The summed E-state index contributed by atoms with van der Waals surface area (Å²) in [7, 11) is 0. The van der Waals surface area contributed by atoms with Gasteiger partial charge in [0.2, 0.25) is 0 Å². The Bertz CT molecular complexity index is 1370. The van der Waals surface area contributed by atoms with Gasteiger partial charge >= 0.3 is 12.3 Å². The number of nitrogens with one attached hydrogen (secondary N) is 1. The second-order valence-electron chi connectivity index (χ2n) is 10.5. The van der Waals surface area contributed by atoms with Crippen LogP contribution in [0.4, 0.5) is 18.0 Å². The van der Waals surface area contributed by atoms with Gasteiger partial charge in [0.05, 0.1) is 11.3 Å². The van der Waals surface area contributed by atoms with Crippen molar-refractivity contribution in [1.82, 2.24) is 15.2 Å². The Morgan fingerprint density at radius 3 is 2.45 bits per heavy atom. The van der Waals surface area contributed by atoms with Crippen molar-refractivity contribution in [2.24, 2.45) is 5.73 Å². The SMILES string of the molecule is CC(C)(C)OC(=O)N1CCC(NCc2cc(C(F)(F)F)ccc2Oc2ccc(-c3cccc(C(N)=O)n3)cc2)C1. The first-order valence-corrected chi connectivity index (χ1v) is 12.7. The average molecular weight is 557 g/mol. The van der Waals surface area contributed by atoms with Crippen LogP contribution in [0.5, 0.6) is 11.5 Å². The van der Waals surface area contributed by atoms with Gasteiger partial charge in [-0.15, -0.1) is 0 Å². The van der Waals surface area contributed by atoms with E-state index in [2.05, 4.69) is 10.3 Å². The van der Waals surface area contributed by atoms with E-state index in [4.69, 9.17) is 15.2 Å². The smallest absolute Gasteiger partial charge is 0.416 e. The zero-order valence-electron chi connectivity index (χ0n) is 22.4. The molecule has 1 aliphatic heterocycles. The molecule has 3 N–H and O–H groups in total. The second kappa shape index (κ2) is 11.5. The van der Waals surface area contributed by atoms with Gasteiger partial charge in [-0.3, -0.25) is 4.79 Å². The number of carbonyl (C=O) groups is 2. The maximum Gasteiger partial charge on any atom is 0.416 e. The van der Waals surface area contributed by atoms with Crippen LogP contribution < -0.4 is 15.8 Å². The molecule has 1 aliphatic rings. The van der Waals surface area contributed by atoms with E-state index in [1.807, 2.05) is 0 Å². The lowest BCUT2D eigenvalue weighted by Gasteiger charge is -2.24. The number of nitrogens with zero attached hydrogens (tertiary/aromatic N) is 2. The summed E-state index contributed by atoms with van der Waals surface area (Å²) in [6.07, 6.45) is -4.29. The van der Waals surface area contributed by atoms with Gasteiger partial charge in [-0.1, -0.05) is 6.07 Å². The summed E-state index contributed by atoms with van der Waals surface area (Å²) in [5, 5.41) is 3.25. The molecule has 1 atom stereocenters. The van der Waals surface area contributed by atoms with Gasteiger partial charge in [0.15, 0.2) is 0 Å². The Balaban J connectivity index is 1.47. The summed E-state index contributed by atoms with van der Waals surface area (Å²) in [6, 6.07) is 14.9. The Kier molecular flexibility index (Phi) is 8.34. The number of halogens is 3. The van der Waals surface area contributed by atoms with Crippen molar-refractivity contribution >= 4 is 12.0 Å². The fourth-order valence-electron chi connectivity index (χ4n) is 4.22. The van der Waals surface area contributed by atoms with Crippen molar-refractivity contribution < 1.29 is 32.2 Å². The fourth-order valence-corrected chi connectivity index (χ4v) is 4.22. The van der Waals surface area contributed by atoms with Crippen LogP contribution >= 0.6 is 0 Å². The topological polar surface area (TPSA) is 107 Å². The number of amides is 2. The zero-order chi connectivity index (χ0) is 29.1. The first-order chi connectivity index (χ1) is 18.8. The third-order valence-corrected chi connectivity index (χ3v) is 6.19. The number of carbonyl (C=O) groups excluding carboxylic acids is 2. The minimum atomic E-state index is -4.51. The highest BCUT2D eigenvalue weighted by atomic mass is 19.4. The van der Waals surface area contributed by atoms with Crippen molar-refractivity contribution in [1.29, 1.82) is 0 Å². The fraction of sp³-hybridized carbons (Fsp3) is 0.345. The van der Waals surface area contributed by atoms with Crippen LogP contribution in [0.1, 0.15) is 48.8 Å². The Labute approximate surface area is 230 Å². The van der Waals surface area contributed by atoms with Crippen molar-refractivity contribution in [3.63, 3.8) is 0 Å². The molecule has 0 aliphatic carbocycles. The lowest BCUT2D eigenvalue weighted by Crippen LogP contribution is -2.38. The molecule has 0 spiro atoms. The normalized spacial score (nSPS) is 15.7. The largest absolute Gasteiger partial charge is 0.457 e. The summed E-state index contributed by atoms with van der Waals surface area (Å²) in [6.45, 7) is 6.35. The molecular formula is C29H31F3N4O4. The van der Waals surface area contributed by atoms with Crippen molar-refractivity contribution in [3.8, 4) is 22.8 Å². The summed E-state index contributed by atoms with van der Waals surface area (Å²) >= 11 is 0. The number of alkyl halides is 3. The molecule has 11 heteroatoms. The number of pyridine rings is 1. The van der Waals surface area contributed by atoms with Crippen LogP contribution in [0.15, 0.2) is 60.7 Å². The van der Waals surface area contributed by atoms with Gasteiger partial charge in [0.25, 0.3) is 5.91 Å². The number of benzene rings is 2. The number of hydrogen-bond donors (Lipinski definition) is 2. The molecule has 3 aromatic rings. The van der Waals surface area contributed by atoms with E-state index in [1.54, 1.807) is 62.1 Å². The van der Waals surface area contributed by atoms with Gasteiger partial charge in [-0.25, -0.2) is 9.78 Å². The number of likely N-dealkylation sites (tertiary alicyclic amines) is 1. The summed E-state index contributed by atoms with van der Waals surface area (Å²) in [5.41, 5.74) is 5.62. The van der Waals surface area contributed by atoms with Crippen LogP contribution in [-0.4, -0.2) is 46.6 Å². The Morgan fingerprint density at radius 2 is 1.80 bits per heavy atom. The summed E-state index contributed by atoms with van der Waals surface area (Å²) in [5.74, 6) is 0.0391. The lowest BCUT2D eigenvalue weighted by atomic mass is 10.1. The summed E-state index contributed by atoms with van der Waals surface area (Å²) in [4.78, 5) is 29.6. The van der Waals surface area contributed by atoms with E-state index in [-0.39, 0.29) is 24.0 Å². The number of ether oxygens (including phenoxy) is 2. The van der Waals surface area contributed by atoms with Crippen LogP contribution in [0, 0.1) is 0 Å². The van der Waals surface area contributed by atoms with E-state index >= 15 is 0 Å². The molecule has 212 valence electrons. The van der Waals surface area contributed by atoms with Gasteiger partial charge in [0.1, 0.15) is 22.8 Å². The molecule has 2 amide bonds. The van der Waals surface area contributed by atoms with Crippen molar-refractivity contribution in [2.75, 3.05) is 13.1 Å². The first kappa shape index (κ1) is 28.9. The molecule has 0 saturated carbocycles. The average Bonchev–Trinajstić information content (AvgIpc) is 3.36. The van der Waals surface area contributed by atoms with E-state index in [0.717, 1.165) is 12.1 Å². The minimum absolute atomic E-state index is 0.105. The molecule has 1 fully saturated rings. The first-order valence-electron chi connectivity index (χ1n) is 12.7. The number of primary amides is 1. The molecule has 40 heavy (non-hydrogen) atoms. The molecule has 0 bridgehead atoms. The highest BCUT2D eigenvalue weighted by Crippen LogP contribution is 2.35. The van der Waals surface area contributed by atoms with E-state index < -0.39 is 29.3 Å². The van der Waals surface area contributed by atoms with E-state index in [1.165, 1.54) is 12.1 Å². The number of hydrogen-bond acceptors (Lipinski definition) is 6. The third kappa shape index (κ3) is 7.50. The number of nitrogens with two attached hydrogens (primary N) is 1. The van der Waals surface area contributed by atoms with Crippen molar-refractivity contribution in [2.45, 2.75) is 51.6 Å². The highest BCUT2D eigenvalue weighted by molar-refractivity contribution is 5.91. The molecule has 0 radical (unpaired) electrons. The molecule has 1 aromatic heterocycles. The molecular weight excluding hydrogens is 525 g/mol. The lowest BCUT2D eigenvalue weighted by molar-refractivity contribution is -0.137. The summed E-state index contributed by atoms with van der Waals surface area (Å²) < 4.78 is 51.8. The van der Waals surface area contributed by atoms with E-state index in [9.17, 15) is 22.8 Å². The highest BCUT2D eigenvalue weighted by Gasteiger charge is 2.32. The van der Waals surface area contributed by atoms with E-state index in [0.29, 0.717) is 42.1 Å². The van der Waals surface area contributed by atoms with Crippen LogP contribution in [0.2, 0.25) is 0 Å². The molecule has 8 nitrogen and oxygen atoms in total. The van der Waals surface area contributed by atoms with Gasteiger partial charge in [-0.2, -0.15) is 13.2 Å². The zero-order valence-corrected chi connectivity index (χ0v) is 22.4. The predicted octanol–water partition coefficient (Wildman–Crippen LogP) is 5.76. The molecule has 2 aromatic carbocycles. The second-order valence-corrected chi connectivity index (χ2v) is 10.5. The van der Waals surface area contributed by atoms with Crippen LogP contribution in [0.3, 0.4) is 0 Å². The quantitative estimate of drug-likeness (QED) is 0.383. The maximum absolute atomic E-state index is 13.5. The maximum atomic E-state index is 13.5. The Morgan fingerprint density at radius 1 is 1.07 bits per heavy atom. The minimum Gasteiger partial charge on any atom is -0.457 e. The van der Waals surface area contributed by atoms with Crippen LogP contribution in [-0.2, 0) is 17.5 Å². The number of aromatic nitrogens is 1. The third-order valence-electron chi connectivity index (χ3n) is 6.19. The standard InChI is InChI=1S/C29H31F3N4O4/c1-28(2,3)40-27(38)36-14-13-21(17-36)34-16-19-15-20(29(30,31)32)9-12-25(19)39-22-10-7-18(8-11-22)23-5-4-6-24(35-23)26(33)37/h4-12,15,21,34H,13-14,16-17H2,1-3H3,(H2,33,37). The van der Waals surface area contributed by atoms with Crippen molar-refractivity contribution in [3.05, 3.63) is 77.5 Å². The molecule has 1 unspecified atom stereocenters. The van der Waals surface area contributed by atoms with Gasteiger partial charge in [-0.05, 0) is 81.8 Å². The monoisotopic (exact) mass is 556 g/mol. The van der Waals surface area contributed by atoms with Gasteiger partial charge < -0.3 is 25.4 Å². The predicted molar refractivity (Wildman–Crippen MR) is 143 cm³/mol.